The van der Waals surface area contributed by atoms with E-state index in [1.807, 2.05) is 67.0 Å². The van der Waals surface area contributed by atoms with E-state index >= 15 is 0 Å². The molecule has 1 aliphatic carbocycles. The average molecular weight is 698 g/mol. The van der Waals surface area contributed by atoms with Crippen LogP contribution in [0.1, 0.15) is 54.7 Å². The zero-order valence-electron chi connectivity index (χ0n) is 30.0. The molecule has 2 aromatic heterocycles. The Morgan fingerprint density at radius 1 is 0.556 bits per heavy atom. The molecule has 1 saturated carbocycles. The van der Waals surface area contributed by atoms with Crippen molar-refractivity contribution in [3.63, 3.8) is 0 Å². The molecule has 0 unspecified atom stereocenters. The minimum atomic E-state index is 0.170. The molecule has 1 fully saturated rings. The summed E-state index contributed by atoms with van der Waals surface area (Å²) in [4.78, 5) is 9.93. The molecule has 0 spiro atoms. The number of nitrogens with one attached hydrogen (secondary N) is 1. The Kier molecular flexibility index (Phi) is 7.98. The van der Waals surface area contributed by atoms with Crippen molar-refractivity contribution in [2.24, 2.45) is 9.98 Å². The van der Waals surface area contributed by atoms with E-state index in [1.165, 1.54) is 75.6 Å². The molecule has 54 heavy (non-hydrogen) atoms. The third kappa shape index (κ3) is 5.35. The van der Waals surface area contributed by atoms with Gasteiger partial charge in [0.25, 0.3) is 0 Å². The van der Waals surface area contributed by atoms with Gasteiger partial charge >= 0.3 is 0 Å². The van der Waals surface area contributed by atoms with Gasteiger partial charge in [-0.1, -0.05) is 147 Å². The molecular formula is C49H39N5. The fourth-order valence-corrected chi connectivity index (χ4v) is 8.78. The van der Waals surface area contributed by atoms with Crippen LogP contribution in [0.15, 0.2) is 168 Å². The first-order chi connectivity index (χ1) is 26.7. The van der Waals surface area contributed by atoms with Crippen molar-refractivity contribution in [3.05, 3.63) is 174 Å². The molecule has 0 amide bonds. The number of para-hydroxylation sites is 2. The number of amidine groups is 2. The summed E-state index contributed by atoms with van der Waals surface area (Å²) in [6, 6.07) is 55.2. The van der Waals surface area contributed by atoms with E-state index in [0.29, 0.717) is 11.8 Å². The first-order valence-electron chi connectivity index (χ1n) is 19.0. The fraction of sp³-hybridized carbons (Fsp3) is 0.122. The lowest BCUT2D eigenvalue weighted by atomic mass is 9.83. The monoisotopic (exact) mass is 697 g/mol. The molecule has 1 N–H and O–H groups in total. The van der Waals surface area contributed by atoms with Gasteiger partial charge in [0, 0.05) is 49.1 Å². The predicted octanol–water partition coefficient (Wildman–Crippen LogP) is 12.4. The van der Waals surface area contributed by atoms with Crippen LogP contribution < -0.4 is 0 Å². The van der Waals surface area contributed by atoms with Gasteiger partial charge in [-0.15, -0.1) is 0 Å². The summed E-state index contributed by atoms with van der Waals surface area (Å²) in [6.07, 6.45) is 8.36. The topological polar surface area (TPSA) is 58.4 Å². The Labute approximate surface area is 314 Å². The van der Waals surface area contributed by atoms with Crippen molar-refractivity contribution >= 4 is 72.4 Å². The van der Waals surface area contributed by atoms with Gasteiger partial charge in [-0.3, -0.25) is 9.98 Å². The van der Waals surface area contributed by atoms with Gasteiger partial charge in [-0.2, -0.15) is 0 Å². The van der Waals surface area contributed by atoms with Crippen molar-refractivity contribution < 1.29 is 0 Å². The maximum atomic E-state index is 8.89. The van der Waals surface area contributed by atoms with Gasteiger partial charge in [0.1, 0.15) is 6.34 Å². The zero-order chi connectivity index (χ0) is 36.0. The molecular weight excluding hydrogens is 659 g/mol. The molecule has 5 nitrogen and oxygen atoms in total. The molecule has 1 aliphatic rings. The Morgan fingerprint density at radius 2 is 1.15 bits per heavy atom. The van der Waals surface area contributed by atoms with Crippen LogP contribution >= 0.6 is 0 Å². The number of nitrogens with zero attached hydrogens (tertiary/aromatic N) is 4. The summed E-state index contributed by atoms with van der Waals surface area (Å²) in [5, 5.41) is 16.2. The first-order valence-corrected chi connectivity index (χ1v) is 19.0. The maximum Gasteiger partial charge on any atom is 0.163 e. The van der Waals surface area contributed by atoms with Crippen molar-refractivity contribution in [1.29, 1.82) is 5.41 Å². The summed E-state index contributed by atoms with van der Waals surface area (Å²) in [6.45, 7) is 0. The number of hydrogen-bond donors (Lipinski definition) is 1. The van der Waals surface area contributed by atoms with E-state index in [2.05, 4.69) is 106 Å². The van der Waals surface area contributed by atoms with Crippen LogP contribution in [0.25, 0.3) is 60.1 Å². The molecule has 0 atom stereocenters. The van der Waals surface area contributed by atoms with E-state index in [1.54, 1.807) is 0 Å². The quantitative estimate of drug-likeness (QED) is 0.137. The van der Waals surface area contributed by atoms with Crippen LogP contribution in [0.2, 0.25) is 0 Å². The fourth-order valence-electron chi connectivity index (χ4n) is 8.78. The molecule has 9 aromatic rings. The Morgan fingerprint density at radius 3 is 1.87 bits per heavy atom. The van der Waals surface area contributed by atoms with Crippen LogP contribution in [0.4, 0.5) is 0 Å². The highest BCUT2D eigenvalue weighted by atomic mass is 15.1. The van der Waals surface area contributed by atoms with Crippen molar-refractivity contribution in [3.8, 4) is 5.69 Å². The van der Waals surface area contributed by atoms with Crippen LogP contribution in [0.5, 0.6) is 0 Å². The number of hydrogen-bond acceptors (Lipinski definition) is 1. The summed E-state index contributed by atoms with van der Waals surface area (Å²) >= 11 is 0. The number of aromatic nitrogens is 2. The molecule has 2 heterocycles. The smallest absolute Gasteiger partial charge is 0.163 e. The van der Waals surface area contributed by atoms with Gasteiger partial charge in [-0.25, -0.2) is 9.98 Å². The molecule has 10 rings (SSSR count). The van der Waals surface area contributed by atoms with Crippen molar-refractivity contribution in [2.45, 2.75) is 38.0 Å². The van der Waals surface area contributed by atoms with E-state index < -0.39 is 0 Å². The SMILES string of the molecule is N=C(/N=C(\N=C\n1c2ccccc2c2c3c4cc(C5CCCCC5)ccc4n(-c4ccccc4)c3c3ccccc3c21)c1ccccc1)c1ccccc1. The number of aliphatic imine (C=N–C) groups is 2. The second-order valence-electron chi connectivity index (χ2n) is 14.4. The van der Waals surface area contributed by atoms with E-state index in [-0.39, 0.29) is 5.84 Å². The maximum absolute atomic E-state index is 8.89. The van der Waals surface area contributed by atoms with Gasteiger partial charge in [-0.05, 0) is 54.7 Å². The van der Waals surface area contributed by atoms with Gasteiger partial charge in [0.05, 0.1) is 22.1 Å². The lowest BCUT2D eigenvalue weighted by Gasteiger charge is -2.22. The lowest BCUT2D eigenvalue weighted by molar-refractivity contribution is 0.444. The second kappa shape index (κ2) is 13.4. The van der Waals surface area contributed by atoms with Crippen LogP contribution in [0.3, 0.4) is 0 Å². The lowest BCUT2D eigenvalue weighted by Crippen LogP contribution is -2.06. The van der Waals surface area contributed by atoms with Gasteiger partial charge in [0.2, 0.25) is 0 Å². The standard InChI is InChI=1S/C49H39N5/c50-48(34-19-7-2-8-20-34)52-49(35-21-9-3-10-22-35)51-32-53-42-28-16-15-27-40(42)44-45-41-31-36(33-17-5-1-6-18-33)29-30-43(41)54(37-23-11-4-12-24-37)47(45)39-26-14-13-25-38(39)46(44)53/h2-4,7-16,19-33,50H,1,5-6,17-18H2/b50-48?,51-32+,52-49-. The third-order valence-electron chi connectivity index (χ3n) is 11.3. The Balaban J connectivity index is 1.30. The minimum Gasteiger partial charge on any atom is -0.309 e. The van der Waals surface area contributed by atoms with Gasteiger partial charge in [0.15, 0.2) is 11.7 Å². The molecule has 0 bridgehead atoms. The average Bonchev–Trinajstić information content (AvgIpc) is 3.76. The second-order valence-corrected chi connectivity index (χ2v) is 14.4. The summed E-state index contributed by atoms with van der Waals surface area (Å²) < 4.78 is 4.72. The third-order valence-corrected chi connectivity index (χ3v) is 11.3. The van der Waals surface area contributed by atoms with Crippen molar-refractivity contribution in [1.82, 2.24) is 9.13 Å². The summed E-state index contributed by atoms with van der Waals surface area (Å²) in [5.74, 6) is 1.25. The highest BCUT2D eigenvalue weighted by molar-refractivity contribution is 6.38. The molecule has 0 saturated heterocycles. The Hall–Kier alpha value is -6.59. The van der Waals surface area contributed by atoms with Crippen LogP contribution in [-0.2, 0) is 0 Å². The highest BCUT2D eigenvalue weighted by Crippen LogP contribution is 2.46. The first kappa shape index (κ1) is 32.1. The normalized spacial score (nSPS) is 14.3. The summed E-state index contributed by atoms with van der Waals surface area (Å²) in [5.41, 5.74) is 8.83. The van der Waals surface area contributed by atoms with Gasteiger partial charge < -0.3 is 4.57 Å². The largest absolute Gasteiger partial charge is 0.309 e. The number of benzene rings is 7. The summed E-state index contributed by atoms with van der Waals surface area (Å²) in [7, 11) is 0. The van der Waals surface area contributed by atoms with E-state index in [9.17, 15) is 0 Å². The van der Waals surface area contributed by atoms with Crippen molar-refractivity contribution in [2.75, 3.05) is 0 Å². The van der Waals surface area contributed by atoms with Crippen LogP contribution in [0, 0.1) is 5.41 Å². The molecule has 0 radical (unpaired) electrons. The van der Waals surface area contributed by atoms with E-state index in [4.69, 9.17) is 15.4 Å². The number of fused-ring (bicyclic) bond motifs is 10. The minimum absolute atomic E-state index is 0.170. The predicted molar refractivity (Wildman–Crippen MR) is 227 cm³/mol. The molecule has 7 aromatic carbocycles. The molecule has 5 heteroatoms. The van der Waals surface area contributed by atoms with Crippen LogP contribution in [-0.4, -0.2) is 27.1 Å². The molecule has 260 valence electrons. The zero-order valence-corrected chi connectivity index (χ0v) is 30.0. The highest BCUT2D eigenvalue weighted by Gasteiger charge is 2.25. The number of rotatable bonds is 5. The molecule has 0 aliphatic heterocycles. The Bertz CT molecular complexity index is 2910. The van der Waals surface area contributed by atoms with E-state index in [0.717, 1.165) is 33.2 Å².